The van der Waals surface area contributed by atoms with Crippen LogP contribution in [-0.2, 0) is 16.1 Å². The zero-order chi connectivity index (χ0) is 20.1. The van der Waals surface area contributed by atoms with Crippen LogP contribution < -0.4 is 16.2 Å². The first-order valence-electron chi connectivity index (χ1n) is 10.0. The first-order chi connectivity index (χ1) is 13.5. The van der Waals surface area contributed by atoms with E-state index in [9.17, 15) is 14.4 Å². The standard InChI is InChI=1S/C21H28N4O3/c1-3-22-20(28)21(11-5-4-6-12-21)24-17(26)10-13-25-14-23-18-15(2)8-7-9-16(18)19(25)27/h7-9,14H,3-6,10-13H2,1-2H3,(H,22,28)(H,24,26). The molecule has 1 aliphatic rings. The van der Waals surface area contributed by atoms with Crippen LogP contribution in [-0.4, -0.2) is 33.4 Å². The molecule has 0 aliphatic heterocycles. The molecule has 7 nitrogen and oxygen atoms in total. The van der Waals surface area contributed by atoms with Gasteiger partial charge in [-0.1, -0.05) is 31.4 Å². The van der Waals surface area contributed by atoms with Crippen molar-refractivity contribution in [3.8, 4) is 0 Å². The maximum absolute atomic E-state index is 12.7. The van der Waals surface area contributed by atoms with Gasteiger partial charge in [-0.05, 0) is 38.3 Å². The molecule has 3 rings (SSSR count). The molecule has 7 heteroatoms. The summed E-state index contributed by atoms with van der Waals surface area (Å²) in [4.78, 5) is 42.2. The maximum atomic E-state index is 12.7. The van der Waals surface area contributed by atoms with Gasteiger partial charge in [0.05, 0.1) is 17.2 Å². The summed E-state index contributed by atoms with van der Waals surface area (Å²) in [5.74, 6) is -0.326. The first kappa shape index (κ1) is 20.0. The van der Waals surface area contributed by atoms with Crippen molar-refractivity contribution in [2.24, 2.45) is 0 Å². The van der Waals surface area contributed by atoms with Crippen LogP contribution >= 0.6 is 0 Å². The fourth-order valence-electron chi connectivity index (χ4n) is 3.94. The average Bonchev–Trinajstić information content (AvgIpc) is 2.69. The number of benzene rings is 1. The van der Waals surface area contributed by atoms with Gasteiger partial charge < -0.3 is 10.6 Å². The van der Waals surface area contributed by atoms with E-state index in [1.54, 1.807) is 6.07 Å². The number of aromatic nitrogens is 2. The highest BCUT2D eigenvalue weighted by molar-refractivity contribution is 5.91. The number of hydrogen-bond acceptors (Lipinski definition) is 4. The van der Waals surface area contributed by atoms with Gasteiger partial charge in [-0.25, -0.2) is 4.98 Å². The topological polar surface area (TPSA) is 93.1 Å². The summed E-state index contributed by atoms with van der Waals surface area (Å²) in [6.45, 7) is 4.55. The molecule has 0 unspecified atom stereocenters. The largest absolute Gasteiger partial charge is 0.354 e. The normalized spacial score (nSPS) is 15.9. The van der Waals surface area contributed by atoms with Gasteiger partial charge in [0, 0.05) is 19.5 Å². The van der Waals surface area contributed by atoms with E-state index >= 15 is 0 Å². The Bertz CT molecular complexity index is 929. The van der Waals surface area contributed by atoms with Gasteiger partial charge in [0.1, 0.15) is 5.54 Å². The van der Waals surface area contributed by atoms with E-state index < -0.39 is 5.54 Å². The van der Waals surface area contributed by atoms with Gasteiger partial charge in [0.15, 0.2) is 0 Å². The van der Waals surface area contributed by atoms with E-state index in [0.29, 0.717) is 30.3 Å². The second-order valence-electron chi connectivity index (χ2n) is 7.51. The van der Waals surface area contributed by atoms with Crippen molar-refractivity contribution in [1.82, 2.24) is 20.2 Å². The van der Waals surface area contributed by atoms with E-state index in [0.717, 1.165) is 24.8 Å². The van der Waals surface area contributed by atoms with Crippen LogP contribution in [0.5, 0.6) is 0 Å². The molecule has 2 aromatic rings. The molecule has 0 spiro atoms. The predicted octanol–water partition coefficient (Wildman–Crippen LogP) is 2.05. The van der Waals surface area contributed by atoms with Gasteiger partial charge >= 0.3 is 0 Å². The second-order valence-corrected chi connectivity index (χ2v) is 7.51. The summed E-state index contributed by atoms with van der Waals surface area (Å²) in [6, 6.07) is 5.49. The van der Waals surface area contributed by atoms with E-state index in [1.165, 1.54) is 10.9 Å². The molecule has 0 atom stereocenters. The van der Waals surface area contributed by atoms with Crippen LogP contribution in [0.25, 0.3) is 10.9 Å². The van der Waals surface area contributed by atoms with Crippen LogP contribution in [0.2, 0.25) is 0 Å². The maximum Gasteiger partial charge on any atom is 0.261 e. The Morgan fingerprint density at radius 1 is 1.21 bits per heavy atom. The van der Waals surface area contributed by atoms with Gasteiger partial charge in [-0.2, -0.15) is 0 Å². The Morgan fingerprint density at radius 2 is 1.96 bits per heavy atom. The lowest BCUT2D eigenvalue weighted by Gasteiger charge is -2.36. The number of carbonyl (C=O) groups is 2. The molecule has 1 aromatic heterocycles. The van der Waals surface area contributed by atoms with Crippen molar-refractivity contribution >= 4 is 22.7 Å². The summed E-state index contributed by atoms with van der Waals surface area (Å²) >= 11 is 0. The van der Waals surface area contributed by atoms with Crippen molar-refractivity contribution < 1.29 is 9.59 Å². The minimum atomic E-state index is -0.824. The zero-order valence-electron chi connectivity index (χ0n) is 16.6. The van der Waals surface area contributed by atoms with Gasteiger partial charge in [-0.15, -0.1) is 0 Å². The molecule has 1 saturated carbocycles. The first-order valence-corrected chi connectivity index (χ1v) is 10.0. The van der Waals surface area contributed by atoms with Gasteiger partial charge in [0.25, 0.3) is 5.56 Å². The number of likely N-dealkylation sites (N-methyl/N-ethyl adjacent to an activating group) is 1. The number of nitrogens with zero attached hydrogens (tertiary/aromatic N) is 2. The third-order valence-corrected chi connectivity index (χ3v) is 5.49. The highest BCUT2D eigenvalue weighted by Crippen LogP contribution is 2.28. The predicted molar refractivity (Wildman–Crippen MR) is 108 cm³/mol. The van der Waals surface area contributed by atoms with Crippen molar-refractivity contribution in [2.75, 3.05) is 6.54 Å². The van der Waals surface area contributed by atoms with Crippen LogP contribution in [0.3, 0.4) is 0 Å². The third-order valence-electron chi connectivity index (χ3n) is 5.49. The smallest absolute Gasteiger partial charge is 0.261 e. The van der Waals surface area contributed by atoms with E-state index in [2.05, 4.69) is 15.6 Å². The number of carbonyl (C=O) groups excluding carboxylic acids is 2. The fraction of sp³-hybridized carbons (Fsp3) is 0.524. The monoisotopic (exact) mass is 384 g/mol. The summed E-state index contributed by atoms with van der Waals surface area (Å²) in [5.41, 5.74) is 0.651. The molecule has 2 amide bonds. The van der Waals surface area contributed by atoms with Crippen LogP contribution in [0.1, 0.15) is 51.0 Å². The molecular weight excluding hydrogens is 356 g/mol. The molecular formula is C21H28N4O3. The SMILES string of the molecule is CCNC(=O)C1(NC(=O)CCn2cnc3c(C)cccc3c2=O)CCCCC1. The Morgan fingerprint density at radius 3 is 2.68 bits per heavy atom. The highest BCUT2D eigenvalue weighted by Gasteiger charge is 2.40. The molecule has 0 bridgehead atoms. The molecule has 1 aliphatic carbocycles. The molecule has 2 N–H and O–H groups in total. The van der Waals surface area contributed by atoms with Crippen LogP contribution in [0, 0.1) is 6.92 Å². The zero-order valence-corrected chi connectivity index (χ0v) is 16.6. The number of para-hydroxylation sites is 1. The highest BCUT2D eigenvalue weighted by atomic mass is 16.2. The van der Waals surface area contributed by atoms with Crippen molar-refractivity contribution in [1.29, 1.82) is 0 Å². The number of fused-ring (bicyclic) bond motifs is 1. The lowest BCUT2D eigenvalue weighted by Crippen LogP contribution is -2.59. The number of nitrogens with one attached hydrogen (secondary N) is 2. The average molecular weight is 384 g/mol. The minimum Gasteiger partial charge on any atom is -0.354 e. The van der Waals surface area contributed by atoms with E-state index in [4.69, 9.17) is 0 Å². The Balaban J connectivity index is 1.71. The minimum absolute atomic E-state index is 0.108. The molecule has 1 fully saturated rings. The molecule has 150 valence electrons. The molecule has 1 aromatic carbocycles. The Hall–Kier alpha value is -2.70. The molecule has 0 radical (unpaired) electrons. The summed E-state index contributed by atoms with van der Waals surface area (Å²) in [7, 11) is 0. The molecule has 28 heavy (non-hydrogen) atoms. The summed E-state index contributed by atoms with van der Waals surface area (Å²) in [6.07, 6.45) is 5.85. The fourth-order valence-corrected chi connectivity index (χ4v) is 3.94. The van der Waals surface area contributed by atoms with Crippen molar-refractivity contribution in [3.63, 3.8) is 0 Å². The van der Waals surface area contributed by atoms with Crippen LogP contribution in [0.15, 0.2) is 29.3 Å². The number of aryl methyl sites for hydroxylation is 2. The van der Waals surface area contributed by atoms with Crippen molar-refractivity contribution in [2.45, 2.75) is 64.5 Å². The van der Waals surface area contributed by atoms with Crippen LogP contribution in [0.4, 0.5) is 0 Å². The molecule has 0 saturated heterocycles. The number of hydrogen-bond donors (Lipinski definition) is 2. The summed E-state index contributed by atoms with van der Waals surface area (Å²) in [5, 5.41) is 6.37. The summed E-state index contributed by atoms with van der Waals surface area (Å²) < 4.78 is 1.46. The Labute approximate surface area is 164 Å². The lowest BCUT2D eigenvalue weighted by molar-refractivity contribution is -0.135. The van der Waals surface area contributed by atoms with E-state index in [1.807, 2.05) is 26.0 Å². The molecule has 1 heterocycles. The third kappa shape index (κ3) is 4.08. The Kier molecular flexibility index (Phi) is 6.11. The number of rotatable bonds is 6. The van der Waals surface area contributed by atoms with Gasteiger partial charge in [-0.3, -0.25) is 19.0 Å². The number of amides is 2. The lowest BCUT2D eigenvalue weighted by atomic mass is 9.80. The quantitative estimate of drug-likeness (QED) is 0.797. The van der Waals surface area contributed by atoms with Crippen molar-refractivity contribution in [3.05, 3.63) is 40.4 Å². The van der Waals surface area contributed by atoms with E-state index in [-0.39, 0.29) is 30.3 Å². The van der Waals surface area contributed by atoms with Gasteiger partial charge in [0.2, 0.25) is 11.8 Å². The second kappa shape index (κ2) is 8.54.